The van der Waals surface area contributed by atoms with Crippen LogP contribution in [0.2, 0.25) is 0 Å². The second-order valence-corrected chi connectivity index (χ2v) is 5.97. The zero-order valence-corrected chi connectivity index (χ0v) is 10.4. The van der Waals surface area contributed by atoms with E-state index in [1.54, 1.807) is 16.9 Å². The van der Waals surface area contributed by atoms with Gasteiger partial charge in [-0.05, 0) is 36.7 Å². The smallest absolute Gasteiger partial charge is 0.274 e. The lowest BCUT2D eigenvalue weighted by atomic mass is 9.88. The number of hydrogen-bond donors (Lipinski definition) is 1. The summed E-state index contributed by atoms with van der Waals surface area (Å²) < 4.78 is 1.64. The summed E-state index contributed by atoms with van der Waals surface area (Å²) >= 11 is 0. The average molecular weight is 247 g/mol. The number of aliphatic hydroxyl groups excluding tert-OH is 1. The van der Waals surface area contributed by atoms with Crippen molar-refractivity contribution in [3.05, 3.63) is 18.0 Å². The lowest BCUT2D eigenvalue weighted by Gasteiger charge is -2.28. The molecular weight excluding hydrogens is 230 g/mol. The highest BCUT2D eigenvalue weighted by Crippen LogP contribution is 2.55. The van der Waals surface area contributed by atoms with E-state index in [1.165, 1.54) is 0 Å². The van der Waals surface area contributed by atoms with E-state index in [0.717, 1.165) is 19.4 Å². The number of carbonyl (C=O) groups excluding carboxylic acids is 1. The van der Waals surface area contributed by atoms with Crippen molar-refractivity contribution >= 4 is 5.91 Å². The molecule has 5 atom stereocenters. The van der Waals surface area contributed by atoms with Crippen LogP contribution in [0.4, 0.5) is 0 Å². The molecule has 1 saturated heterocycles. The number of aromatic nitrogens is 2. The van der Waals surface area contributed by atoms with Gasteiger partial charge in [-0.2, -0.15) is 5.10 Å². The summed E-state index contributed by atoms with van der Waals surface area (Å²) in [5.74, 6) is 1.54. The van der Waals surface area contributed by atoms with Gasteiger partial charge in [0.2, 0.25) is 0 Å². The van der Waals surface area contributed by atoms with E-state index in [2.05, 4.69) is 5.10 Å². The molecule has 2 saturated carbocycles. The Balaban J connectivity index is 1.65. The minimum atomic E-state index is -0.318. The van der Waals surface area contributed by atoms with Crippen LogP contribution in [0.3, 0.4) is 0 Å². The Hall–Kier alpha value is -1.36. The van der Waals surface area contributed by atoms with Crippen molar-refractivity contribution in [2.24, 2.45) is 24.8 Å². The Labute approximate surface area is 105 Å². The van der Waals surface area contributed by atoms with Crippen molar-refractivity contribution in [1.82, 2.24) is 14.7 Å². The second-order valence-electron chi connectivity index (χ2n) is 5.97. The third kappa shape index (κ3) is 1.20. The van der Waals surface area contributed by atoms with Gasteiger partial charge in [0, 0.05) is 19.8 Å². The molecule has 1 aromatic heterocycles. The molecule has 5 unspecified atom stereocenters. The molecule has 5 nitrogen and oxygen atoms in total. The fraction of sp³-hybridized carbons (Fsp3) is 0.692. The number of rotatable bonds is 1. The Morgan fingerprint density at radius 1 is 1.44 bits per heavy atom. The van der Waals surface area contributed by atoms with E-state index >= 15 is 0 Å². The number of aliphatic hydroxyl groups is 1. The molecule has 2 aliphatic carbocycles. The molecule has 1 amide bonds. The molecule has 2 heterocycles. The zero-order valence-electron chi connectivity index (χ0n) is 10.4. The maximum atomic E-state index is 12.5. The molecule has 5 heteroatoms. The van der Waals surface area contributed by atoms with Gasteiger partial charge in [-0.1, -0.05) is 0 Å². The molecule has 1 N–H and O–H groups in total. The monoisotopic (exact) mass is 247 g/mol. The van der Waals surface area contributed by atoms with Gasteiger partial charge in [0.15, 0.2) is 0 Å². The van der Waals surface area contributed by atoms with Crippen LogP contribution >= 0.6 is 0 Å². The number of aryl methyl sites for hydroxylation is 1. The van der Waals surface area contributed by atoms with E-state index in [-0.39, 0.29) is 18.1 Å². The van der Waals surface area contributed by atoms with Gasteiger partial charge in [-0.15, -0.1) is 0 Å². The normalized spacial score (nSPS) is 40.8. The predicted molar refractivity (Wildman–Crippen MR) is 63.7 cm³/mol. The second kappa shape index (κ2) is 3.35. The zero-order chi connectivity index (χ0) is 12.4. The van der Waals surface area contributed by atoms with Crippen LogP contribution in [0.15, 0.2) is 12.3 Å². The molecule has 4 rings (SSSR count). The number of nitrogens with zero attached hydrogens (tertiary/aromatic N) is 3. The maximum Gasteiger partial charge on any atom is 0.274 e. The van der Waals surface area contributed by atoms with Gasteiger partial charge in [0.25, 0.3) is 5.91 Å². The van der Waals surface area contributed by atoms with Crippen molar-refractivity contribution in [3.8, 4) is 0 Å². The molecule has 1 aromatic rings. The summed E-state index contributed by atoms with van der Waals surface area (Å²) in [7, 11) is 1.81. The summed E-state index contributed by atoms with van der Waals surface area (Å²) in [6.45, 7) is 0.804. The lowest BCUT2D eigenvalue weighted by molar-refractivity contribution is 0.0397. The highest BCUT2D eigenvalue weighted by Gasteiger charge is 2.60. The van der Waals surface area contributed by atoms with Crippen molar-refractivity contribution < 1.29 is 9.90 Å². The van der Waals surface area contributed by atoms with Crippen LogP contribution in [0.25, 0.3) is 0 Å². The number of fused-ring (bicyclic) bond motifs is 1. The van der Waals surface area contributed by atoms with E-state index in [4.69, 9.17) is 0 Å². The Morgan fingerprint density at radius 2 is 2.28 bits per heavy atom. The summed E-state index contributed by atoms with van der Waals surface area (Å²) in [5.41, 5.74) is 0.495. The third-order valence-corrected chi connectivity index (χ3v) is 5.04. The molecule has 0 radical (unpaired) electrons. The van der Waals surface area contributed by atoms with Crippen molar-refractivity contribution in [1.29, 1.82) is 0 Å². The van der Waals surface area contributed by atoms with Gasteiger partial charge in [0.05, 0.1) is 12.1 Å². The SMILES string of the molecule is Cn1ccc(C(=O)N2CC3CC4CC3C2C4O)n1. The molecule has 1 aliphatic heterocycles. The van der Waals surface area contributed by atoms with Gasteiger partial charge in [0.1, 0.15) is 5.69 Å². The highest BCUT2D eigenvalue weighted by atomic mass is 16.3. The fourth-order valence-corrected chi connectivity index (χ4v) is 4.33. The third-order valence-electron chi connectivity index (χ3n) is 5.04. The van der Waals surface area contributed by atoms with E-state index in [1.807, 2.05) is 11.9 Å². The van der Waals surface area contributed by atoms with Crippen LogP contribution in [-0.4, -0.2) is 44.4 Å². The quantitative estimate of drug-likeness (QED) is 0.774. The first-order valence-corrected chi connectivity index (χ1v) is 6.64. The van der Waals surface area contributed by atoms with Gasteiger partial charge in [-0.3, -0.25) is 9.48 Å². The van der Waals surface area contributed by atoms with Crippen LogP contribution in [0.1, 0.15) is 23.3 Å². The van der Waals surface area contributed by atoms with Crippen LogP contribution in [0.5, 0.6) is 0 Å². The van der Waals surface area contributed by atoms with Crippen LogP contribution in [0, 0.1) is 17.8 Å². The Morgan fingerprint density at radius 3 is 2.94 bits per heavy atom. The van der Waals surface area contributed by atoms with Crippen molar-refractivity contribution in [2.45, 2.75) is 25.0 Å². The summed E-state index contributed by atoms with van der Waals surface area (Å²) in [4.78, 5) is 14.3. The number of carbonyl (C=O) groups is 1. The fourth-order valence-electron chi connectivity index (χ4n) is 4.33. The minimum Gasteiger partial charge on any atom is -0.391 e. The minimum absolute atomic E-state index is 0.0188. The topological polar surface area (TPSA) is 58.4 Å². The van der Waals surface area contributed by atoms with Crippen LogP contribution < -0.4 is 0 Å². The summed E-state index contributed by atoms with van der Waals surface area (Å²) in [5, 5.41) is 14.4. The van der Waals surface area contributed by atoms with Crippen LogP contribution in [-0.2, 0) is 7.05 Å². The molecule has 0 spiro atoms. The number of likely N-dealkylation sites (tertiary alicyclic amines) is 1. The number of amides is 1. The van der Waals surface area contributed by atoms with Gasteiger partial charge >= 0.3 is 0 Å². The average Bonchev–Trinajstić information content (AvgIpc) is 3.01. The standard InChI is InChI=1S/C13H17N3O2/c1-15-3-2-10(14-15)13(18)16-6-8-4-7-5-9(8)11(16)12(7)17/h2-3,7-9,11-12,17H,4-6H2,1H3. The highest BCUT2D eigenvalue weighted by molar-refractivity contribution is 5.92. The first-order chi connectivity index (χ1) is 8.65. The number of hydrogen-bond acceptors (Lipinski definition) is 3. The lowest BCUT2D eigenvalue weighted by Crippen LogP contribution is -2.43. The molecule has 3 aliphatic rings. The summed E-state index contributed by atoms with van der Waals surface area (Å²) in [6.07, 6.45) is 3.66. The molecular formula is C13H17N3O2. The van der Waals surface area contributed by atoms with Crippen molar-refractivity contribution in [3.63, 3.8) is 0 Å². The molecule has 96 valence electrons. The Kier molecular flexibility index (Phi) is 1.96. The summed E-state index contributed by atoms with van der Waals surface area (Å²) in [6, 6.07) is 1.80. The van der Waals surface area contributed by atoms with E-state index in [0.29, 0.717) is 23.4 Å². The first kappa shape index (κ1) is 10.6. The Bertz CT molecular complexity index is 510. The molecule has 3 fully saturated rings. The van der Waals surface area contributed by atoms with Gasteiger partial charge < -0.3 is 10.0 Å². The van der Waals surface area contributed by atoms with Crippen molar-refractivity contribution in [2.75, 3.05) is 6.54 Å². The van der Waals surface area contributed by atoms with Gasteiger partial charge in [-0.25, -0.2) is 0 Å². The predicted octanol–water partition coefficient (Wildman–Crippen LogP) is 0.261. The first-order valence-electron chi connectivity index (χ1n) is 6.64. The molecule has 0 aromatic carbocycles. The molecule has 18 heavy (non-hydrogen) atoms. The molecule has 2 bridgehead atoms. The maximum absolute atomic E-state index is 12.5. The van der Waals surface area contributed by atoms with E-state index in [9.17, 15) is 9.90 Å². The van der Waals surface area contributed by atoms with E-state index < -0.39 is 0 Å². The largest absolute Gasteiger partial charge is 0.391 e.